The molecule has 0 aliphatic carbocycles. The normalized spacial score (nSPS) is 11.4. The first-order chi connectivity index (χ1) is 7.92. The van der Waals surface area contributed by atoms with Gasteiger partial charge in [-0.3, -0.25) is 4.79 Å². The molecule has 0 radical (unpaired) electrons. The molecule has 94 valence electrons. The number of amides is 1. The van der Waals surface area contributed by atoms with Crippen LogP contribution in [0.25, 0.3) is 0 Å². The van der Waals surface area contributed by atoms with Gasteiger partial charge >= 0.3 is 0 Å². The summed E-state index contributed by atoms with van der Waals surface area (Å²) in [6.45, 7) is 6.31. The molecule has 3 nitrogen and oxygen atoms in total. The molecule has 0 spiro atoms. The molecule has 1 aromatic rings. The van der Waals surface area contributed by atoms with Gasteiger partial charge in [-0.25, -0.2) is 4.39 Å². The van der Waals surface area contributed by atoms with Crippen molar-refractivity contribution in [1.82, 2.24) is 0 Å². The van der Waals surface area contributed by atoms with Crippen LogP contribution in [-0.4, -0.2) is 19.0 Å². The molecule has 1 aromatic carbocycles. The minimum absolute atomic E-state index is 0.0471. The molecule has 0 aliphatic heterocycles. The maximum Gasteiger partial charge on any atom is 0.233 e. The summed E-state index contributed by atoms with van der Waals surface area (Å²) in [5.41, 5.74) is 5.68. The van der Waals surface area contributed by atoms with E-state index in [4.69, 9.17) is 5.73 Å². The minimum Gasteiger partial charge on any atom is -0.329 e. The first-order valence-corrected chi connectivity index (χ1v) is 5.70. The number of anilines is 1. The fraction of sp³-hybridized carbons (Fsp3) is 0.462. The molecular weight excluding hydrogens is 219 g/mol. The highest BCUT2D eigenvalue weighted by atomic mass is 19.1. The quantitative estimate of drug-likeness (QED) is 0.873. The van der Waals surface area contributed by atoms with Gasteiger partial charge in [0.2, 0.25) is 5.91 Å². The number of halogens is 1. The van der Waals surface area contributed by atoms with Gasteiger partial charge in [0.25, 0.3) is 0 Å². The second kappa shape index (κ2) is 5.27. The van der Waals surface area contributed by atoms with Crippen molar-refractivity contribution in [3.05, 3.63) is 30.1 Å². The highest BCUT2D eigenvalue weighted by Crippen LogP contribution is 2.23. The zero-order chi connectivity index (χ0) is 13.1. The third-order valence-electron chi connectivity index (χ3n) is 2.79. The number of carbonyl (C=O) groups excluding carboxylic acids is 1. The van der Waals surface area contributed by atoms with E-state index in [0.29, 0.717) is 12.2 Å². The Morgan fingerprint density at radius 1 is 1.35 bits per heavy atom. The van der Waals surface area contributed by atoms with Gasteiger partial charge in [-0.1, -0.05) is 0 Å². The number of hydrogen-bond donors (Lipinski definition) is 1. The summed E-state index contributed by atoms with van der Waals surface area (Å²) >= 11 is 0. The van der Waals surface area contributed by atoms with Crippen LogP contribution in [0, 0.1) is 11.2 Å². The van der Waals surface area contributed by atoms with Crippen molar-refractivity contribution in [2.45, 2.75) is 20.8 Å². The maximum atomic E-state index is 12.8. The van der Waals surface area contributed by atoms with Crippen LogP contribution in [0.5, 0.6) is 0 Å². The molecule has 17 heavy (non-hydrogen) atoms. The topological polar surface area (TPSA) is 46.3 Å². The first-order valence-electron chi connectivity index (χ1n) is 5.70. The lowest BCUT2D eigenvalue weighted by molar-refractivity contribution is -0.126. The van der Waals surface area contributed by atoms with Crippen LogP contribution < -0.4 is 10.6 Å². The van der Waals surface area contributed by atoms with Crippen LogP contribution >= 0.6 is 0 Å². The van der Waals surface area contributed by atoms with E-state index < -0.39 is 5.41 Å². The highest BCUT2D eigenvalue weighted by molar-refractivity contribution is 5.97. The number of carbonyl (C=O) groups is 1. The van der Waals surface area contributed by atoms with Gasteiger partial charge in [-0.05, 0) is 45.0 Å². The molecule has 4 heteroatoms. The van der Waals surface area contributed by atoms with E-state index in [1.165, 1.54) is 12.1 Å². The van der Waals surface area contributed by atoms with Crippen molar-refractivity contribution in [2.24, 2.45) is 11.1 Å². The van der Waals surface area contributed by atoms with Crippen molar-refractivity contribution >= 4 is 11.6 Å². The van der Waals surface area contributed by atoms with Crippen molar-refractivity contribution in [3.63, 3.8) is 0 Å². The van der Waals surface area contributed by atoms with E-state index in [-0.39, 0.29) is 18.3 Å². The molecule has 0 saturated heterocycles. The van der Waals surface area contributed by atoms with E-state index in [1.54, 1.807) is 17.0 Å². The lowest BCUT2D eigenvalue weighted by Crippen LogP contribution is -2.44. The van der Waals surface area contributed by atoms with E-state index in [9.17, 15) is 9.18 Å². The lowest BCUT2D eigenvalue weighted by Gasteiger charge is -2.30. The lowest BCUT2D eigenvalue weighted by atomic mass is 9.91. The average molecular weight is 238 g/mol. The number of nitrogens with zero attached hydrogens (tertiary/aromatic N) is 1. The van der Waals surface area contributed by atoms with Crippen LogP contribution in [0.1, 0.15) is 20.8 Å². The summed E-state index contributed by atoms with van der Waals surface area (Å²) < 4.78 is 12.8. The zero-order valence-electron chi connectivity index (χ0n) is 10.5. The van der Waals surface area contributed by atoms with Crippen LogP contribution in [0.3, 0.4) is 0 Å². The van der Waals surface area contributed by atoms with Gasteiger partial charge in [0.15, 0.2) is 0 Å². The monoisotopic (exact) mass is 238 g/mol. The summed E-state index contributed by atoms with van der Waals surface area (Å²) in [4.78, 5) is 13.9. The fourth-order valence-electron chi connectivity index (χ4n) is 1.52. The summed E-state index contributed by atoms with van der Waals surface area (Å²) in [6, 6.07) is 5.90. The van der Waals surface area contributed by atoms with Gasteiger partial charge in [0, 0.05) is 18.8 Å². The third-order valence-corrected chi connectivity index (χ3v) is 2.79. The first kappa shape index (κ1) is 13.6. The molecule has 0 aliphatic rings. The van der Waals surface area contributed by atoms with Gasteiger partial charge in [0.1, 0.15) is 5.82 Å². The maximum absolute atomic E-state index is 12.8. The molecule has 0 saturated carbocycles. The summed E-state index contributed by atoms with van der Waals surface area (Å²) in [5, 5.41) is 0. The Morgan fingerprint density at radius 2 is 1.88 bits per heavy atom. The molecule has 0 aromatic heterocycles. The number of benzene rings is 1. The Balaban J connectivity index is 3.00. The van der Waals surface area contributed by atoms with Gasteiger partial charge in [-0.15, -0.1) is 0 Å². The SMILES string of the molecule is CCN(C(=O)C(C)(C)CN)c1ccc(F)cc1. The fourth-order valence-corrected chi connectivity index (χ4v) is 1.52. The van der Waals surface area contributed by atoms with E-state index in [0.717, 1.165) is 0 Å². The molecular formula is C13H19FN2O. The van der Waals surface area contributed by atoms with Gasteiger partial charge in [-0.2, -0.15) is 0 Å². The molecule has 0 atom stereocenters. The molecule has 1 amide bonds. The van der Waals surface area contributed by atoms with Crippen molar-refractivity contribution in [1.29, 1.82) is 0 Å². The Bertz CT molecular complexity index is 387. The summed E-state index contributed by atoms with van der Waals surface area (Å²) in [6.07, 6.45) is 0. The Hall–Kier alpha value is -1.42. The molecule has 0 heterocycles. The zero-order valence-corrected chi connectivity index (χ0v) is 10.5. The number of rotatable bonds is 4. The van der Waals surface area contributed by atoms with Gasteiger partial charge in [0.05, 0.1) is 5.41 Å². The second-order valence-electron chi connectivity index (χ2n) is 4.61. The standard InChI is InChI=1S/C13H19FN2O/c1-4-16(12(17)13(2,3)9-15)11-7-5-10(14)6-8-11/h5-8H,4,9,15H2,1-3H3. The van der Waals surface area contributed by atoms with E-state index >= 15 is 0 Å². The van der Waals surface area contributed by atoms with E-state index in [1.807, 2.05) is 20.8 Å². The van der Waals surface area contributed by atoms with E-state index in [2.05, 4.69) is 0 Å². The molecule has 0 bridgehead atoms. The Morgan fingerprint density at radius 3 is 2.29 bits per heavy atom. The molecule has 0 fully saturated rings. The van der Waals surface area contributed by atoms with Crippen molar-refractivity contribution in [2.75, 3.05) is 18.0 Å². The second-order valence-corrected chi connectivity index (χ2v) is 4.61. The van der Waals surface area contributed by atoms with Crippen LogP contribution in [0.2, 0.25) is 0 Å². The molecule has 1 rings (SSSR count). The van der Waals surface area contributed by atoms with Crippen molar-refractivity contribution < 1.29 is 9.18 Å². The molecule has 0 unspecified atom stereocenters. The van der Waals surface area contributed by atoms with Crippen LogP contribution in [0.4, 0.5) is 10.1 Å². The van der Waals surface area contributed by atoms with Crippen LogP contribution in [0.15, 0.2) is 24.3 Å². The smallest absolute Gasteiger partial charge is 0.233 e. The minimum atomic E-state index is -0.607. The Labute approximate surface area is 101 Å². The number of hydrogen-bond acceptors (Lipinski definition) is 2. The largest absolute Gasteiger partial charge is 0.329 e. The molecule has 2 N–H and O–H groups in total. The van der Waals surface area contributed by atoms with Gasteiger partial charge < -0.3 is 10.6 Å². The highest BCUT2D eigenvalue weighted by Gasteiger charge is 2.30. The third kappa shape index (κ3) is 3.03. The summed E-state index contributed by atoms with van der Waals surface area (Å²) in [5.74, 6) is -0.357. The number of nitrogens with two attached hydrogens (primary N) is 1. The predicted octanol–water partition coefficient (Wildman–Crippen LogP) is 2.16. The summed E-state index contributed by atoms with van der Waals surface area (Å²) in [7, 11) is 0. The predicted molar refractivity (Wildman–Crippen MR) is 67.3 cm³/mol. The van der Waals surface area contributed by atoms with Crippen LogP contribution in [-0.2, 0) is 4.79 Å². The Kier molecular flexibility index (Phi) is 4.23. The average Bonchev–Trinajstić information content (AvgIpc) is 2.32. The van der Waals surface area contributed by atoms with Crippen molar-refractivity contribution in [3.8, 4) is 0 Å².